The first-order chi connectivity index (χ1) is 11.1. The number of nitrogens with zero attached hydrogens (tertiary/aromatic N) is 1. The summed E-state index contributed by atoms with van der Waals surface area (Å²) in [6, 6.07) is 5.69. The van der Waals surface area contributed by atoms with Crippen molar-refractivity contribution in [1.29, 1.82) is 0 Å². The van der Waals surface area contributed by atoms with Crippen molar-refractivity contribution in [3.63, 3.8) is 0 Å². The Morgan fingerprint density at radius 2 is 2.09 bits per heavy atom. The van der Waals surface area contributed by atoms with Gasteiger partial charge in [0.1, 0.15) is 5.01 Å². The number of carbonyl (C=O) groups excluding carboxylic acids is 1. The molecule has 0 saturated heterocycles. The number of hydrogen-bond acceptors (Lipinski definition) is 5. The Hall–Kier alpha value is -1.57. The van der Waals surface area contributed by atoms with Crippen LogP contribution < -0.4 is 4.72 Å². The molecule has 124 valence electrons. The molecule has 0 spiro atoms. The summed E-state index contributed by atoms with van der Waals surface area (Å²) >= 11 is 1.28. The summed E-state index contributed by atoms with van der Waals surface area (Å²) in [6.45, 7) is 6.18. The van der Waals surface area contributed by atoms with Gasteiger partial charge in [-0.05, 0) is 31.9 Å². The largest absolute Gasteiger partial charge is 0.466 e. The number of ether oxygens (including phenoxy) is 1. The standard InChI is InChI=1S/C16H20N2O3S2/c1-4-21-14(19)8-12(18-23-20)13-9-22-16(17-13)15-10(2)6-5-7-11(15)3/h5-7,9,12,23H,4,8H2,1-3H3,(H,18,20)/t12-/m0/s1. The maximum absolute atomic E-state index is 11.7. The number of thiol groups is 1. The lowest BCUT2D eigenvalue weighted by Gasteiger charge is -2.12. The van der Waals surface area contributed by atoms with Crippen LogP contribution in [0.1, 0.15) is 36.2 Å². The van der Waals surface area contributed by atoms with Crippen molar-refractivity contribution >= 4 is 29.2 Å². The number of aryl methyl sites for hydroxylation is 2. The number of benzene rings is 1. The molecule has 2 aromatic rings. The maximum Gasteiger partial charge on any atom is 0.307 e. The van der Waals surface area contributed by atoms with Crippen molar-refractivity contribution in [1.82, 2.24) is 9.71 Å². The number of nitrogens with one attached hydrogen (secondary N) is 1. The fraction of sp³-hybridized carbons (Fsp3) is 0.375. The Labute approximate surface area is 143 Å². The molecule has 0 amide bonds. The molecule has 0 aliphatic carbocycles. The minimum Gasteiger partial charge on any atom is -0.466 e. The van der Waals surface area contributed by atoms with Crippen molar-refractivity contribution in [2.75, 3.05) is 6.61 Å². The normalized spacial score (nSPS) is 12.1. The molecule has 0 bridgehead atoms. The molecule has 0 aliphatic heterocycles. The maximum atomic E-state index is 11.7. The van der Waals surface area contributed by atoms with Gasteiger partial charge in [-0.2, -0.15) is 0 Å². The van der Waals surface area contributed by atoms with E-state index in [4.69, 9.17) is 4.74 Å². The van der Waals surface area contributed by atoms with Gasteiger partial charge in [0.15, 0.2) is 0 Å². The summed E-state index contributed by atoms with van der Waals surface area (Å²) in [6.07, 6.45) is 0.0962. The average molecular weight is 352 g/mol. The molecule has 5 nitrogen and oxygen atoms in total. The lowest BCUT2D eigenvalue weighted by atomic mass is 10.0. The number of carbonyl (C=O) groups is 1. The molecule has 1 atom stereocenters. The van der Waals surface area contributed by atoms with Crippen molar-refractivity contribution in [3.8, 4) is 10.6 Å². The van der Waals surface area contributed by atoms with Gasteiger partial charge in [0.05, 0.1) is 36.6 Å². The van der Waals surface area contributed by atoms with Crippen LogP contribution in [0.4, 0.5) is 0 Å². The summed E-state index contributed by atoms with van der Waals surface area (Å²) in [5.41, 5.74) is 4.12. The Kier molecular flexibility index (Phi) is 6.44. The number of hydrogen-bond donors (Lipinski definition) is 2. The van der Waals surface area contributed by atoms with Crippen LogP contribution in [-0.4, -0.2) is 21.8 Å². The van der Waals surface area contributed by atoms with Gasteiger partial charge in [-0.3, -0.25) is 4.79 Å². The molecule has 0 unspecified atom stereocenters. The highest BCUT2D eigenvalue weighted by molar-refractivity contribution is 7.63. The van der Waals surface area contributed by atoms with E-state index in [1.807, 2.05) is 37.4 Å². The Morgan fingerprint density at radius 3 is 2.70 bits per heavy atom. The Morgan fingerprint density at radius 1 is 1.39 bits per heavy atom. The van der Waals surface area contributed by atoms with Gasteiger partial charge in [-0.1, -0.05) is 18.2 Å². The number of aromatic nitrogens is 1. The lowest BCUT2D eigenvalue weighted by Crippen LogP contribution is -2.21. The molecular weight excluding hydrogens is 332 g/mol. The topological polar surface area (TPSA) is 68.3 Å². The minimum atomic E-state index is -0.428. The predicted octanol–water partition coefficient (Wildman–Crippen LogP) is 2.87. The first kappa shape index (κ1) is 17.8. The van der Waals surface area contributed by atoms with Crippen LogP contribution in [0, 0.1) is 13.8 Å². The van der Waals surface area contributed by atoms with Gasteiger partial charge in [0.2, 0.25) is 0 Å². The summed E-state index contributed by atoms with van der Waals surface area (Å²) in [4.78, 5) is 16.3. The predicted molar refractivity (Wildman–Crippen MR) is 93.7 cm³/mol. The van der Waals surface area contributed by atoms with Gasteiger partial charge in [-0.15, -0.1) is 11.3 Å². The molecule has 1 aromatic heterocycles. The molecule has 1 heterocycles. The van der Waals surface area contributed by atoms with Gasteiger partial charge >= 0.3 is 5.97 Å². The zero-order valence-corrected chi connectivity index (χ0v) is 15.0. The zero-order chi connectivity index (χ0) is 16.8. The smallest absolute Gasteiger partial charge is 0.307 e. The second kappa shape index (κ2) is 8.33. The van der Waals surface area contributed by atoms with Crippen molar-refractivity contribution in [3.05, 3.63) is 40.4 Å². The molecular formula is C16H20N2O3S2. The van der Waals surface area contributed by atoms with Crippen LogP contribution in [0.3, 0.4) is 0 Å². The van der Waals surface area contributed by atoms with Gasteiger partial charge in [-0.25, -0.2) is 13.9 Å². The molecule has 2 rings (SSSR count). The first-order valence-corrected chi connectivity index (χ1v) is 9.01. The summed E-state index contributed by atoms with van der Waals surface area (Å²) in [7, 11) is 0. The number of thiazole rings is 1. The van der Waals surface area contributed by atoms with Crippen LogP contribution >= 0.6 is 11.3 Å². The second-order valence-electron chi connectivity index (χ2n) is 5.13. The molecule has 1 aromatic carbocycles. The van der Waals surface area contributed by atoms with Crippen LogP contribution in [0.5, 0.6) is 0 Å². The van der Waals surface area contributed by atoms with E-state index in [2.05, 4.69) is 9.71 Å². The van der Waals surface area contributed by atoms with Gasteiger partial charge in [0, 0.05) is 10.9 Å². The highest BCUT2D eigenvalue weighted by atomic mass is 32.2. The van der Waals surface area contributed by atoms with E-state index in [9.17, 15) is 9.00 Å². The number of rotatable bonds is 7. The molecule has 1 N–H and O–H groups in total. The van der Waals surface area contributed by atoms with E-state index in [0.29, 0.717) is 12.3 Å². The monoisotopic (exact) mass is 352 g/mol. The first-order valence-electron chi connectivity index (χ1n) is 7.32. The molecule has 0 fully saturated rings. The fourth-order valence-corrected chi connectivity index (χ4v) is 3.78. The van der Waals surface area contributed by atoms with Gasteiger partial charge in [0.25, 0.3) is 0 Å². The summed E-state index contributed by atoms with van der Waals surface area (Å²) < 4.78 is 18.6. The summed E-state index contributed by atoms with van der Waals surface area (Å²) in [5.74, 6) is -0.338. The van der Waals surface area contributed by atoms with E-state index in [1.165, 1.54) is 11.3 Å². The second-order valence-corrected chi connectivity index (χ2v) is 6.43. The van der Waals surface area contributed by atoms with Crippen molar-refractivity contribution < 1.29 is 13.7 Å². The van der Waals surface area contributed by atoms with E-state index in [-0.39, 0.29) is 24.2 Å². The molecule has 23 heavy (non-hydrogen) atoms. The van der Waals surface area contributed by atoms with E-state index < -0.39 is 6.04 Å². The third kappa shape index (κ3) is 4.46. The lowest BCUT2D eigenvalue weighted by molar-refractivity contribution is -0.143. The van der Waals surface area contributed by atoms with E-state index in [1.54, 1.807) is 6.92 Å². The summed E-state index contributed by atoms with van der Waals surface area (Å²) in [5, 5.41) is 2.79. The Balaban J connectivity index is 2.28. The SMILES string of the molecule is CCOC(=O)C[C@H](N[SH]=O)c1csc(-c2c(C)cccc2C)n1. The van der Waals surface area contributed by atoms with Crippen LogP contribution in [0.2, 0.25) is 0 Å². The van der Waals surface area contributed by atoms with Crippen LogP contribution in [-0.2, 0) is 21.4 Å². The van der Waals surface area contributed by atoms with Crippen molar-refractivity contribution in [2.24, 2.45) is 0 Å². The Bertz CT molecular complexity index is 680. The van der Waals surface area contributed by atoms with Crippen LogP contribution in [0.25, 0.3) is 10.6 Å². The van der Waals surface area contributed by atoms with Crippen molar-refractivity contribution in [2.45, 2.75) is 33.2 Å². The fourth-order valence-electron chi connectivity index (χ4n) is 2.38. The van der Waals surface area contributed by atoms with E-state index >= 15 is 0 Å². The zero-order valence-electron chi connectivity index (χ0n) is 13.3. The average Bonchev–Trinajstić information content (AvgIpc) is 2.96. The van der Waals surface area contributed by atoms with E-state index in [0.717, 1.165) is 21.7 Å². The highest BCUT2D eigenvalue weighted by Crippen LogP contribution is 2.32. The third-order valence-corrected chi connectivity index (χ3v) is 4.75. The minimum absolute atomic E-state index is 0.0962. The van der Waals surface area contributed by atoms with Crippen LogP contribution in [0.15, 0.2) is 23.6 Å². The highest BCUT2D eigenvalue weighted by Gasteiger charge is 2.20. The molecule has 0 saturated carbocycles. The van der Waals surface area contributed by atoms with Gasteiger partial charge < -0.3 is 4.74 Å². The molecule has 0 radical (unpaired) electrons. The number of esters is 1. The third-order valence-electron chi connectivity index (χ3n) is 3.46. The molecule has 0 aliphatic rings. The quantitative estimate of drug-likeness (QED) is 0.594. The molecule has 7 heteroatoms.